The van der Waals surface area contributed by atoms with Crippen LogP contribution in [0.3, 0.4) is 0 Å². The first-order chi connectivity index (χ1) is 15.4. The van der Waals surface area contributed by atoms with Crippen LogP contribution < -0.4 is 4.74 Å². The Labute approximate surface area is 196 Å². The summed E-state index contributed by atoms with van der Waals surface area (Å²) in [5.41, 5.74) is -0.316. The van der Waals surface area contributed by atoms with Gasteiger partial charge in [0.15, 0.2) is 11.2 Å². The second kappa shape index (κ2) is 7.55. The van der Waals surface area contributed by atoms with Crippen LogP contribution in [0, 0.1) is 10.8 Å². The number of piperidine rings is 1. The van der Waals surface area contributed by atoms with Gasteiger partial charge in [-0.05, 0) is 56.4 Å². The van der Waals surface area contributed by atoms with Crippen molar-refractivity contribution in [1.29, 1.82) is 0 Å². The molecule has 3 atom stereocenters. The fraction of sp³-hybridized carbons (Fsp3) is 0.423. The van der Waals surface area contributed by atoms with E-state index in [2.05, 4.69) is 22.9 Å². The minimum absolute atomic E-state index is 0.180. The number of nitrogens with zero attached hydrogens (tertiary/aromatic N) is 1. The third-order valence-electron chi connectivity index (χ3n) is 7.63. The number of carbonyl (C=O) groups excluding carboxylic acids is 3. The van der Waals surface area contributed by atoms with Gasteiger partial charge in [0, 0.05) is 34.6 Å². The first-order valence-corrected chi connectivity index (χ1v) is 12.1. The summed E-state index contributed by atoms with van der Waals surface area (Å²) in [6, 6.07) is 12.9. The molecule has 2 aromatic rings. The molecule has 1 saturated carbocycles. The molecule has 1 aliphatic carbocycles. The van der Waals surface area contributed by atoms with Gasteiger partial charge in [0.2, 0.25) is 5.91 Å². The lowest BCUT2D eigenvalue weighted by atomic mass is 9.85. The number of esters is 1. The maximum atomic E-state index is 13.9. The van der Waals surface area contributed by atoms with Crippen LogP contribution in [-0.2, 0) is 16.0 Å². The summed E-state index contributed by atoms with van der Waals surface area (Å²) >= 11 is 3.50. The average molecular weight is 496 g/mol. The lowest BCUT2D eigenvalue weighted by molar-refractivity contribution is -0.154. The Hall–Kier alpha value is -2.47. The molecule has 3 aliphatic rings. The number of halogens is 1. The van der Waals surface area contributed by atoms with E-state index in [1.807, 2.05) is 30.3 Å². The average Bonchev–Trinajstić information content (AvgIpc) is 3.42. The number of likely N-dealkylation sites (tertiary alicyclic amines) is 1. The van der Waals surface area contributed by atoms with Crippen molar-refractivity contribution in [2.45, 2.75) is 45.4 Å². The first-order valence-electron chi connectivity index (χ1n) is 11.3. The van der Waals surface area contributed by atoms with Crippen molar-refractivity contribution in [1.82, 2.24) is 4.90 Å². The molecule has 1 saturated heterocycles. The monoisotopic (exact) mass is 495 g/mol. The number of rotatable bonds is 4. The number of Topliss-reactive ketones (excluding diaryl/α,β-unsaturated/α-hetero) is 1. The molecule has 5 rings (SSSR count). The second-order valence-electron chi connectivity index (χ2n) is 9.25. The summed E-state index contributed by atoms with van der Waals surface area (Å²) in [6.07, 6.45) is 3.76. The highest BCUT2D eigenvalue weighted by Crippen LogP contribution is 2.78. The van der Waals surface area contributed by atoms with Crippen LogP contribution in [0.1, 0.15) is 60.5 Å². The number of ketones is 1. The third-order valence-corrected chi connectivity index (χ3v) is 8.12. The quantitative estimate of drug-likeness (QED) is 0.261. The molecule has 5 nitrogen and oxygen atoms in total. The van der Waals surface area contributed by atoms with Crippen LogP contribution in [0.25, 0.3) is 0 Å². The van der Waals surface area contributed by atoms with E-state index in [9.17, 15) is 14.4 Å². The highest BCUT2D eigenvalue weighted by atomic mass is 79.9. The van der Waals surface area contributed by atoms with E-state index >= 15 is 0 Å². The molecule has 1 amide bonds. The van der Waals surface area contributed by atoms with Gasteiger partial charge in [-0.25, -0.2) is 0 Å². The molecule has 0 spiro atoms. The van der Waals surface area contributed by atoms with Crippen molar-refractivity contribution >= 4 is 33.6 Å². The SMILES string of the molecule is CCc1ccc(C(=O)[C@]2(C)[C@@H]3c4cc(Br)ccc4OC(=O)[C@]32C(=O)N2CCCCC2)cc1. The number of hydrogen-bond acceptors (Lipinski definition) is 4. The number of carbonyl (C=O) groups is 3. The highest BCUT2D eigenvalue weighted by molar-refractivity contribution is 9.10. The molecular formula is C26H26BrNO4. The standard InChI is InChI=1S/C26H26BrNO4/c1-3-16-7-9-17(10-8-16)22(29)25(2)21-19-15-18(27)11-12-20(19)32-24(31)26(21,25)23(30)28-13-5-4-6-14-28/h7-12,15,21H,3-6,13-14H2,1-2H3/t21-,25-,26+/m0/s1. The zero-order chi connectivity index (χ0) is 22.7. The first kappa shape index (κ1) is 21.4. The third kappa shape index (κ3) is 2.78. The summed E-state index contributed by atoms with van der Waals surface area (Å²) in [4.78, 5) is 43.1. The molecule has 166 valence electrons. The number of amides is 1. The Morgan fingerprint density at radius 1 is 1.09 bits per heavy atom. The van der Waals surface area contributed by atoms with Gasteiger partial charge < -0.3 is 9.64 Å². The summed E-state index contributed by atoms with van der Waals surface area (Å²) in [5, 5.41) is 0. The van der Waals surface area contributed by atoms with Crippen LogP contribution in [-0.4, -0.2) is 35.6 Å². The molecule has 2 aliphatic heterocycles. The molecule has 2 heterocycles. The van der Waals surface area contributed by atoms with Gasteiger partial charge in [-0.2, -0.15) is 0 Å². The van der Waals surface area contributed by atoms with Gasteiger partial charge in [-0.1, -0.05) is 47.1 Å². The zero-order valence-corrected chi connectivity index (χ0v) is 19.9. The Morgan fingerprint density at radius 3 is 2.44 bits per heavy atom. The zero-order valence-electron chi connectivity index (χ0n) is 18.3. The lowest BCUT2D eigenvalue weighted by Gasteiger charge is -2.32. The van der Waals surface area contributed by atoms with Crippen LogP contribution in [0.2, 0.25) is 0 Å². The Kier molecular flexibility index (Phi) is 5.04. The number of aryl methyl sites for hydroxylation is 1. The van der Waals surface area contributed by atoms with Crippen LogP contribution in [0.4, 0.5) is 0 Å². The molecule has 32 heavy (non-hydrogen) atoms. The number of fused-ring (bicyclic) bond motifs is 3. The topological polar surface area (TPSA) is 63.7 Å². The van der Waals surface area contributed by atoms with Gasteiger partial charge in [-0.3, -0.25) is 14.4 Å². The normalized spacial score (nSPS) is 28.4. The fourth-order valence-corrected chi connectivity index (χ4v) is 6.17. The predicted molar refractivity (Wildman–Crippen MR) is 124 cm³/mol. The lowest BCUT2D eigenvalue weighted by Crippen LogP contribution is -2.49. The van der Waals surface area contributed by atoms with Gasteiger partial charge >= 0.3 is 5.97 Å². The van der Waals surface area contributed by atoms with E-state index in [-0.39, 0.29) is 11.7 Å². The second-order valence-corrected chi connectivity index (χ2v) is 10.2. The number of benzene rings is 2. The molecule has 0 aromatic heterocycles. The smallest absolute Gasteiger partial charge is 0.328 e. The van der Waals surface area contributed by atoms with Crippen molar-refractivity contribution in [2.75, 3.05) is 13.1 Å². The molecule has 0 radical (unpaired) electrons. The summed E-state index contributed by atoms with van der Waals surface area (Å²) in [5.74, 6) is -1.16. The van der Waals surface area contributed by atoms with E-state index < -0.39 is 22.7 Å². The van der Waals surface area contributed by atoms with Crippen molar-refractivity contribution in [3.63, 3.8) is 0 Å². The molecule has 2 fully saturated rings. The van der Waals surface area contributed by atoms with E-state index in [4.69, 9.17) is 4.74 Å². The van der Waals surface area contributed by atoms with Gasteiger partial charge in [-0.15, -0.1) is 0 Å². The molecule has 6 heteroatoms. The van der Waals surface area contributed by atoms with E-state index in [0.717, 1.165) is 41.3 Å². The van der Waals surface area contributed by atoms with Crippen LogP contribution in [0.5, 0.6) is 5.75 Å². The van der Waals surface area contributed by atoms with E-state index in [0.29, 0.717) is 24.4 Å². The maximum absolute atomic E-state index is 13.9. The van der Waals surface area contributed by atoms with E-state index in [1.165, 1.54) is 0 Å². The number of ether oxygens (including phenoxy) is 1. The van der Waals surface area contributed by atoms with Gasteiger partial charge in [0.1, 0.15) is 5.75 Å². The van der Waals surface area contributed by atoms with Gasteiger partial charge in [0.25, 0.3) is 0 Å². The van der Waals surface area contributed by atoms with Crippen LogP contribution in [0.15, 0.2) is 46.9 Å². The van der Waals surface area contributed by atoms with Crippen molar-refractivity contribution in [3.8, 4) is 5.75 Å². The number of hydrogen-bond donors (Lipinski definition) is 0. The summed E-state index contributed by atoms with van der Waals surface area (Å²) in [6.45, 7) is 5.06. The summed E-state index contributed by atoms with van der Waals surface area (Å²) in [7, 11) is 0. The van der Waals surface area contributed by atoms with Crippen LogP contribution >= 0.6 is 15.9 Å². The highest BCUT2D eigenvalue weighted by Gasteiger charge is 2.88. The van der Waals surface area contributed by atoms with Gasteiger partial charge in [0.05, 0.1) is 5.41 Å². The maximum Gasteiger partial charge on any atom is 0.328 e. The minimum atomic E-state index is -1.52. The summed E-state index contributed by atoms with van der Waals surface area (Å²) < 4.78 is 6.54. The van der Waals surface area contributed by atoms with Crippen molar-refractivity contribution in [3.05, 3.63) is 63.6 Å². The van der Waals surface area contributed by atoms with Crippen molar-refractivity contribution in [2.24, 2.45) is 10.8 Å². The largest absolute Gasteiger partial charge is 0.425 e. The predicted octanol–water partition coefficient (Wildman–Crippen LogP) is 4.92. The van der Waals surface area contributed by atoms with Crippen molar-refractivity contribution < 1.29 is 19.1 Å². The fourth-order valence-electron chi connectivity index (χ4n) is 5.79. The molecule has 0 N–H and O–H groups in total. The molecule has 0 unspecified atom stereocenters. The Bertz CT molecular complexity index is 1120. The molecular weight excluding hydrogens is 470 g/mol. The molecule has 0 bridgehead atoms. The Morgan fingerprint density at radius 2 is 1.78 bits per heavy atom. The van der Waals surface area contributed by atoms with E-state index in [1.54, 1.807) is 24.0 Å². The Balaban J connectivity index is 1.64. The molecule has 2 aromatic carbocycles. The minimum Gasteiger partial charge on any atom is -0.425 e.